The normalized spacial score (nSPS) is 7.78. The molecule has 0 aromatic heterocycles. The predicted octanol–water partition coefficient (Wildman–Crippen LogP) is 1.11. The summed E-state index contributed by atoms with van der Waals surface area (Å²) in [5.41, 5.74) is 0. The van der Waals surface area contributed by atoms with Crippen molar-refractivity contribution >= 4 is 11.0 Å². The molecule has 0 fully saturated rings. The molecule has 0 spiro atoms. The smallest absolute Gasteiger partial charge is 0.439 e. The van der Waals surface area contributed by atoms with Crippen LogP contribution in [-0.4, -0.2) is 4.55 Å². The van der Waals surface area contributed by atoms with Crippen LogP contribution in [0.3, 0.4) is 0 Å². The average molecular weight is 214 g/mol. The minimum atomic E-state index is -3.08. The number of hydrogen-bond donors (Lipinski definition) is 1. The van der Waals surface area contributed by atoms with E-state index in [-0.39, 0.29) is 17.1 Å². The second-order valence-electron chi connectivity index (χ2n) is 0.431. The van der Waals surface area contributed by atoms with E-state index >= 15 is 0 Å². The first-order valence-electron chi connectivity index (χ1n) is 1.08. The first-order valence-corrected chi connectivity index (χ1v) is 2.11. The van der Waals surface area contributed by atoms with Crippen LogP contribution in [0.2, 0.25) is 0 Å². The van der Waals surface area contributed by atoms with E-state index in [2.05, 4.69) is 0 Å². The maximum absolute atomic E-state index is 9.58. The summed E-state index contributed by atoms with van der Waals surface area (Å²) in [4.78, 5) is 0. The molecule has 0 atom stereocenters. The van der Waals surface area contributed by atoms with Crippen LogP contribution in [-0.2, 0) is 36.5 Å². The third-order valence-electron chi connectivity index (χ3n) is 0. The Bertz CT molecular complexity index is 92.5. The standard InChI is InChI=1S/CF3.Cu.HO3S/c2-1(3)4;;1-4(2)3/h;;(H,1,2,3)/q-1;+2;-1. The molecule has 0 aliphatic rings. The largest absolute Gasteiger partial charge is 2.00 e. The number of halogens is 3. The van der Waals surface area contributed by atoms with E-state index in [0.29, 0.717) is 0 Å². The molecule has 0 aromatic carbocycles. The van der Waals surface area contributed by atoms with Crippen LogP contribution in [0.5, 0.6) is 0 Å². The van der Waals surface area contributed by atoms with Gasteiger partial charge >= 0.3 is 17.1 Å². The fourth-order valence-electron chi connectivity index (χ4n) is 0. The molecule has 0 bridgehead atoms. The Morgan fingerprint density at radius 3 is 1.22 bits per heavy atom. The first kappa shape index (κ1) is 16.1. The summed E-state index contributed by atoms with van der Waals surface area (Å²) < 4.78 is 52.8. The fraction of sp³-hybridized carbons (Fsp3) is 0. The Morgan fingerprint density at radius 2 is 1.22 bits per heavy atom. The van der Waals surface area contributed by atoms with Crippen molar-refractivity contribution in [1.82, 2.24) is 0 Å². The summed E-state index contributed by atoms with van der Waals surface area (Å²) >= 11 is 0. The molecule has 8 heteroatoms. The molecular weight excluding hydrogens is 213 g/mol. The Kier molecular flexibility index (Phi) is 19.8. The summed E-state index contributed by atoms with van der Waals surface area (Å²) in [5, 5.41) is 0. The SMILES string of the molecule is F[C-](F)F.O=[S-](=O)O.[Cu+2]. The molecule has 0 aromatic rings. The molecule has 0 amide bonds. The van der Waals surface area contributed by atoms with Gasteiger partial charge < -0.3 is 26.1 Å². The maximum atomic E-state index is 9.58. The van der Waals surface area contributed by atoms with Gasteiger partial charge in [0.15, 0.2) is 6.68 Å². The Balaban J connectivity index is -0.0000000720. The van der Waals surface area contributed by atoms with Gasteiger partial charge in [-0.15, -0.1) is 0 Å². The minimum Gasteiger partial charge on any atom is -0.439 e. The molecule has 0 saturated carbocycles. The molecule has 0 saturated heterocycles. The average Bonchev–Trinajstić information content (AvgIpc) is 1.25. The van der Waals surface area contributed by atoms with Crippen molar-refractivity contribution in [3.8, 4) is 0 Å². The molecule has 0 unspecified atom stereocenters. The van der Waals surface area contributed by atoms with Crippen LogP contribution >= 0.6 is 0 Å². The van der Waals surface area contributed by atoms with Gasteiger partial charge in [-0.1, -0.05) is 0 Å². The second-order valence-corrected chi connectivity index (χ2v) is 0.866. The van der Waals surface area contributed by atoms with Crippen LogP contribution in [0.15, 0.2) is 0 Å². The van der Waals surface area contributed by atoms with Gasteiger partial charge in [0.05, 0.1) is 0 Å². The molecule has 0 aliphatic carbocycles. The van der Waals surface area contributed by atoms with E-state index in [1.807, 2.05) is 0 Å². The molecule has 1 radical (unpaired) electrons. The summed E-state index contributed by atoms with van der Waals surface area (Å²) in [6.07, 6.45) is 0. The van der Waals surface area contributed by atoms with Crippen LogP contribution in [0.25, 0.3) is 0 Å². The van der Waals surface area contributed by atoms with Crippen LogP contribution in [0.1, 0.15) is 0 Å². The van der Waals surface area contributed by atoms with Gasteiger partial charge in [-0.2, -0.15) is 0 Å². The quantitative estimate of drug-likeness (QED) is 0.216. The molecule has 3 nitrogen and oxygen atoms in total. The van der Waals surface area contributed by atoms with Crippen LogP contribution in [0.4, 0.5) is 13.2 Å². The van der Waals surface area contributed by atoms with Gasteiger partial charge in [0.1, 0.15) is 0 Å². The second kappa shape index (κ2) is 11.1. The number of hydrogen-bond acceptors (Lipinski definition) is 3. The van der Waals surface area contributed by atoms with Gasteiger partial charge in [0, 0.05) is 11.0 Å². The molecule has 61 valence electrons. The first-order chi connectivity index (χ1) is 3.46. The zero-order valence-corrected chi connectivity index (χ0v) is 5.37. The van der Waals surface area contributed by atoms with Gasteiger partial charge in [-0.3, -0.25) is 0 Å². The zero-order chi connectivity index (χ0) is 7.15. The van der Waals surface area contributed by atoms with E-state index in [0.717, 1.165) is 0 Å². The third-order valence-corrected chi connectivity index (χ3v) is 0. The van der Waals surface area contributed by atoms with Gasteiger partial charge in [-0.25, -0.2) is 0 Å². The monoisotopic (exact) mass is 213 g/mol. The summed E-state index contributed by atoms with van der Waals surface area (Å²) in [5.74, 6) is 0. The molecule has 9 heavy (non-hydrogen) atoms. The number of rotatable bonds is 0. The Hall–Kier alpha value is 0.219. The van der Waals surface area contributed by atoms with E-state index in [4.69, 9.17) is 13.0 Å². The van der Waals surface area contributed by atoms with Gasteiger partial charge in [0.25, 0.3) is 0 Å². The predicted molar refractivity (Wildman–Crippen MR) is 17.9 cm³/mol. The zero-order valence-electron chi connectivity index (χ0n) is 3.61. The summed E-state index contributed by atoms with van der Waals surface area (Å²) in [6.45, 7) is -3.08. The van der Waals surface area contributed by atoms with Gasteiger partial charge in [-0.05, 0) is 0 Å². The molecular formula is CHCuF3O3S. The maximum Gasteiger partial charge on any atom is 2.00 e. The van der Waals surface area contributed by atoms with Crippen molar-refractivity contribution < 1.29 is 43.2 Å². The van der Waals surface area contributed by atoms with Crippen molar-refractivity contribution in [2.24, 2.45) is 0 Å². The van der Waals surface area contributed by atoms with E-state index < -0.39 is 17.7 Å². The van der Waals surface area contributed by atoms with Crippen molar-refractivity contribution in [3.63, 3.8) is 0 Å². The van der Waals surface area contributed by atoms with E-state index in [1.165, 1.54) is 0 Å². The summed E-state index contributed by atoms with van der Waals surface area (Å²) in [7, 11) is -2.86. The van der Waals surface area contributed by atoms with E-state index in [1.54, 1.807) is 0 Å². The topological polar surface area (TPSA) is 54.4 Å². The van der Waals surface area contributed by atoms with Crippen LogP contribution in [0, 0.1) is 6.68 Å². The summed E-state index contributed by atoms with van der Waals surface area (Å²) in [6, 6.07) is 0. The van der Waals surface area contributed by atoms with Crippen molar-refractivity contribution in [2.75, 3.05) is 0 Å². The Labute approximate surface area is 61.5 Å². The molecule has 0 rings (SSSR count). The fourth-order valence-corrected chi connectivity index (χ4v) is 0. The minimum absolute atomic E-state index is 0. The molecule has 0 heterocycles. The Morgan fingerprint density at radius 1 is 1.22 bits per heavy atom. The van der Waals surface area contributed by atoms with Crippen molar-refractivity contribution in [2.45, 2.75) is 0 Å². The molecule has 1 N–H and O–H groups in total. The van der Waals surface area contributed by atoms with E-state index in [9.17, 15) is 13.2 Å². The van der Waals surface area contributed by atoms with Crippen molar-refractivity contribution in [1.29, 1.82) is 0 Å². The van der Waals surface area contributed by atoms with Crippen molar-refractivity contribution in [3.05, 3.63) is 6.68 Å². The molecule has 0 aliphatic heterocycles. The van der Waals surface area contributed by atoms with Crippen LogP contribution < -0.4 is 0 Å². The third kappa shape index (κ3) is 6600. The van der Waals surface area contributed by atoms with Gasteiger partial charge in [0.2, 0.25) is 0 Å².